The number of rotatable bonds is 3. The highest BCUT2D eigenvalue weighted by Gasteiger charge is 2.12. The highest BCUT2D eigenvalue weighted by atomic mass is 15.2. The van der Waals surface area contributed by atoms with Crippen molar-refractivity contribution in [3.8, 4) is 0 Å². The van der Waals surface area contributed by atoms with Gasteiger partial charge < -0.3 is 15.2 Å². The van der Waals surface area contributed by atoms with Gasteiger partial charge in [0.2, 0.25) is 0 Å². The SMILES string of the molecule is CN(Cc1nccn1C)c1c(N)cnc2ccccc12. The first-order chi connectivity index (χ1) is 9.66. The molecule has 0 aliphatic rings. The standard InChI is InChI=1S/C15H17N5/c1-19-8-7-17-14(19)10-20(2)15-11-5-3-4-6-13(11)18-9-12(15)16/h3-9H,10,16H2,1-2H3. The Labute approximate surface area is 117 Å². The second kappa shape index (κ2) is 4.85. The van der Waals surface area contributed by atoms with Crippen LogP contribution in [0.25, 0.3) is 10.9 Å². The molecule has 2 heterocycles. The molecule has 0 unspecified atom stereocenters. The van der Waals surface area contributed by atoms with E-state index < -0.39 is 0 Å². The summed E-state index contributed by atoms with van der Waals surface area (Å²) in [7, 11) is 4.01. The van der Waals surface area contributed by atoms with Gasteiger partial charge in [0.25, 0.3) is 0 Å². The summed E-state index contributed by atoms with van der Waals surface area (Å²) in [6.07, 6.45) is 5.46. The molecule has 0 saturated carbocycles. The Balaban J connectivity index is 2.05. The van der Waals surface area contributed by atoms with Crippen LogP contribution in [-0.4, -0.2) is 21.6 Å². The molecule has 0 amide bonds. The quantitative estimate of drug-likeness (QED) is 0.790. The molecular formula is C15H17N5. The highest BCUT2D eigenvalue weighted by molar-refractivity contribution is 5.97. The number of imidazole rings is 1. The molecule has 2 aromatic heterocycles. The molecule has 0 atom stereocenters. The van der Waals surface area contributed by atoms with Gasteiger partial charge in [0.05, 0.1) is 29.6 Å². The van der Waals surface area contributed by atoms with Crippen molar-refractivity contribution < 1.29 is 0 Å². The summed E-state index contributed by atoms with van der Waals surface area (Å²) in [6, 6.07) is 8.02. The van der Waals surface area contributed by atoms with Gasteiger partial charge in [0.1, 0.15) is 5.82 Å². The number of hydrogen-bond donors (Lipinski definition) is 1. The third-order valence-corrected chi connectivity index (χ3v) is 3.46. The second-order valence-electron chi connectivity index (χ2n) is 4.89. The van der Waals surface area contributed by atoms with Crippen LogP contribution in [0.4, 0.5) is 11.4 Å². The van der Waals surface area contributed by atoms with E-state index in [2.05, 4.69) is 14.9 Å². The fraction of sp³-hybridized carbons (Fsp3) is 0.200. The molecule has 1 aromatic carbocycles. The number of nitrogen functional groups attached to an aromatic ring is 1. The lowest BCUT2D eigenvalue weighted by Crippen LogP contribution is -2.20. The molecule has 2 N–H and O–H groups in total. The maximum atomic E-state index is 6.12. The van der Waals surface area contributed by atoms with Crippen LogP contribution in [0, 0.1) is 0 Å². The normalized spacial score (nSPS) is 10.9. The fourth-order valence-electron chi connectivity index (χ4n) is 2.41. The van der Waals surface area contributed by atoms with Crippen molar-refractivity contribution in [2.75, 3.05) is 17.7 Å². The van der Waals surface area contributed by atoms with Crippen molar-refractivity contribution in [1.29, 1.82) is 0 Å². The van der Waals surface area contributed by atoms with Crippen LogP contribution in [0.2, 0.25) is 0 Å². The largest absolute Gasteiger partial charge is 0.396 e. The van der Waals surface area contributed by atoms with Crippen LogP contribution in [-0.2, 0) is 13.6 Å². The van der Waals surface area contributed by atoms with Crippen LogP contribution in [0.5, 0.6) is 0 Å². The van der Waals surface area contributed by atoms with Crippen molar-refractivity contribution in [3.05, 3.63) is 48.7 Å². The first kappa shape index (κ1) is 12.5. The third kappa shape index (κ3) is 2.07. The molecule has 0 aliphatic heterocycles. The topological polar surface area (TPSA) is 60.0 Å². The van der Waals surface area contributed by atoms with Gasteiger partial charge >= 0.3 is 0 Å². The third-order valence-electron chi connectivity index (χ3n) is 3.46. The van der Waals surface area contributed by atoms with E-state index in [1.165, 1.54) is 0 Å². The smallest absolute Gasteiger partial charge is 0.127 e. The average molecular weight is 267 g/mol. The Bertz CT molecular complexity index is 747. The molecule has 5 heteroatoms. The summed E-state index contributed by atoms with van der Waals surface area (Å²) in [4.78, 5) is 10.8. The van der Waals surface area contributed by atoms with Gasteiger partial charge in [-0.3, -0.25) is 4.98 Å². The lowest BCUT2D eigenvalue weighted by molar-refractivity contribution is 0.763. The molecule has 0 saturated heterocycles. The van der Waals surface area contributed by atoms with Gasteiger partial charge in [-0.2, -0.15) is 0 Å². The first-order valence-electron chi connectivity index (χ1n) is 6.47. The zero-order chi connectivity index (χ0) is 14.1. The minimum absolute atomic E-state index is 0.681. The van der Waals surface area contributed by atoms with Crippen molar-refractivity contribution >= 4 is 22.3 Å². The molecule has 0 fully saturated rings. The van der Waals surface area contributed by atoms with E-state index in [9.17, 15) is 0 Å². The number of benzene rings is 1. The fourth-order valence-corrected chi connectivity index (χ4v) is 2.41. The Hall–Kier alpha value is -2.56. The van der Waals surface area contributed by atoms with Gasteiger partial charge in [0, 0.05) is 31.9 Å². The molecule has 0 bridgehead atoms. The van der Waals surface area contributed by atoms with Crippen molar-refractivity contribution in [1.82, 2.24) is 14.5 Å². The zero-order valence-electron chi connectivity index (χ0n) is 11.6. The summed E-state index contributed by atoms with van der Waals surface area (Å²) in [5.41, 5.74) is 8.75. The van der Waals surface area contributed by atoms with Gasteiger partial charge in [-0.25, -0.2) is 4.98 Å². The molecule has 102 valence electrons. The molecule has 0 spiro atoms. The minimum atomic E-state index is 0.681. The van der Waals surface area contributed by atoms with Crippen LogP contribution in [0.15, 0.2) is 42.9 Å². The summed E-state index contributed by atoms with van der Waals surface area (Å²) >= 11 is 0. The first-order valence-corrected chi connectivity index (χ1v) is 6.47. The predicted octanol–water partition coefficient (Wildman–Crippen LogP) is 2.19. The molecule has 3 rings (SSSR count). The lowest BCUT2D eigenvalue weighted by atomic mass is 10.1. The predicted molar refractivity (Wildman–Crippen MR) is 81.5 cm³/mol. The van der Waals surface area contributed by atoms with E-state index in [1.54, 1.807) is 12.4 Å². The minimum Gasteiger partial charge on any atom is -0.396 e. The van der Waals surface area contributed by atoms with E-state index in [1.807, 2.05) is 49.1 Å². The van der Waals surface area contributed by atoms with E-state index in [0.29, 0.717) is 12.2 Å². The Morgan fingerprint density at radius 3 is 2.80 bits per heavy atom. The van der Waals surface area contributed by atoms with E-state index in [0.717, 1.165) is 22.4 Å². The molecule has 0 aliphatic carbocycles. The molecular weight excluding hydrogens is 250 g/mol. The van der Waals surface area contributed by atoms with Crippen LogP contribution >= 0.6 is 0 Å². The number of nitrogens with zero attached hydrogens (tertiary/aromatic N) is 4. The lowest BCUT2D eigenvalue weighted by Gasteiger charge is -2.22. The number of fused-ring (bicyclic) bond motifs is 1. The molecule has 0 radical (unpaired) electrons. The van der Waals surface area contributed by atoms with E-state index in [4.69, 9.17) is 5.73 Å². The van der Waals surface area contributed by atoms with Gasteiger partial charge in [-0.1, -0.05) is 18.2 Å². The summed E-state index contributed by atoms with van der Waals surface area (Å²) in [5.74, 6) is 0.993. The molecule has 20 heavy (non-hydrogen) atoms. The van der Waals surface area contributed by atoms with Crippen LogP contribution in [0.1, 0.15) is 5.82 Å². The monoisotopic (exact) mass is 267 g/mol. The highest BCUT2D eigenvalue weighted by Crippen LogP contribution is 2.31. The average Bonchev–Trinajstić information content (AvgIpc) is 2.84. The summed E-state index contributed by atoms with van der Waals surface area (Å²) in [6.45, 7) is 0.696. The van der Waals surface area contributed by atoms with Gasteiger partial charge in [0.15, 0.2) is 0 Å². The Morgan fingerprint density at radius 1 is 1.25 bits per heavy atom. The number of nitrogens with two attached hydrogens (primary N) is 1. The number of pyridine rings is 1. The number of aryl methyl sites for hydroxylation is 1. The maximum absolute atomic E-state index is 6.12. The van der Waals surface area contributed by atoms with Crippen molar-refractivity contribution in [2.45, 2.75) is 6.54 Å². The number of hydrogen-bond acceptors (Lipinski definition) is 4. The number of anilines is 2. The van der Waals surface area contributed by atoms with Crippen LogP contribution < -0.4 is 10.6 Å². The maximum Gasteiger partial charge on any atom is 0.127 e. The van der Waals surface area contributed by atoms with Crippen molar-refractivity contribution in [3.63, 3.8) is 0 Å². The number of para-hydroxylation sites is 1. The molecule has 3 aromatic rings. The van der Waals surface area contributed by atoms with E-state index >= 15 is 0 Å². The summed E-state index contributed by atoms with van der Waals surface area (Å²) in [5, 5.41) is 1.06. The summed E-state index contributed by atoms with van der Waals surface area (Å²) < 4.78 is 2.01. The van der Waals surface area contributed by atoms with E-state index in [-0.39, 0.29) is 0 Å². The van der Waals surface area contributed by atoms with Gasteiger partial charge in [-0.05, 0) is 6.07 Å². The Morgan fingerprint density at radius 2 is 2.05 bits per heavy atom. The zero-order valence-corrected chi connectivity index (χ0v) is 11.6. The van der Waals surface area contributed by atoms with Gasteiger partial charge in [-0.15, -0.1) is 0 Å². The van der Waals surface area contributed by atoms with Crippen LogP contribution in [0.3, 0.4) is 0 Å². The second-order valence-corrected chi connectivity index (χ2v) is 4.89. The number of aromatic nitrogens is 3. The Kier molecular flexibility index (Phi) is 3.02. The molecule has 5 nitrogen and oxygen atoms in total. The van der Waals surface area contributed by atoms with Crippen molar-refractivity contribution in [2.24, 2.45) is 7.05 Å².